The van der Waals surface area contributed by atoms with Gasteiger partial charge in [0, 0.05) is 6.54 Å². The van der Waals surface area contributed by atoms with Crippen LogP contribution in [0, 0.1) is 0 Å². The minimum Gasteiger partial charge on any atom is -0.313 e. The van der Waals surface area contributed by atoms with Crippen LogP contribution < -0.4 is 5.32 Å². The van der Waals surface area contributed by atoms with E-state index in [-0.39, 0.29) is 0 Å². The predicted octanol–water partition coefficient (Wildman–Crippen LogP) is 3.43. The Morgan fingerprint density at radius 3 is 2.75 bits per heavy atom. The highest BCUT2D eigenvalue weighted by Gasteiger charge is 1.91. The van der Waals surface area contributed by atoms with E-state index >= 15 is 0 Å². The molecule has 1 nitrogen and oxygen atoms in total. The van der Waals surface area contributed by atoms with Gasteiger partial charge in [-0.25, -0.2) is 0 Å². The van der Waals surface area contributed by atoms with Crippen molar-refractivity contribution in [2.45, 2.75) is 13.3 Å². The highest BCUT2D eigenvalue weighted by molar-refractivity contribution is 7.98. The summed E-state index contributed by atoms with van der Waals surface area (Å²) in [6, 6.07) is 10.5. The van der Waals surface area contributed by atoms with Crippen molar-refractivity contribution < 1.29 is 0 Å². The third kappa shape index (κ3) is 5.99. The van der Waals surface area contributed by atoms with E-state index in [0.717, 1.165) is 13.1 Å². The molecule has 1 aromatic rings. The zero-order valence-electron chi connectivity index (χ0n) is 10.2. The SMILES string of the molecule is CSCCCNC/C(C)=C/c1ccccc1. The van der Waals surface area contributed by atoms with Crippen LogP contribution in [0.5, 0.6) is 0 Å². The van der Waals surface area contributed by atoms with Crippen LogP contribution in [0.4, 0.5) is 0 Å². The fraction of sp³-hybridized carbons (Fsp3) is 0.429. The van der Waals surface area contributed by atoms with E-state index in [9.17, 15) is 0 Å². The topological polar surface area (TPSA) is 12.0 Å². The smallest absolute Gasteiger partial charge is 0.0165 e. The van der Waals surface area contributed by atoms with E-state index in [1.54, 1.807) is 0 Å². The van der Waals surface area contributed by atoms with E-state index in [2.05, 4.69) is 48.8 Å². The van der Waals surface area contributed by atoms with Gasteiger partial charge in [0.2, 0.25) is 0 Å². The van der Waals surface area contributed by atoms with E-state index in [4.69, 9.17) is 0 Å². The van der Waals surface area contributed by atoms with E-state index in [1.165, 1.54) is 23.3 Å². The molecule has 0 unspecified atom stereocenters. The first-order chi connectivity index (χ1) is 7.83. The molecule has 0 spiro atoms. The third-order valence-electron chi connectivity index (χ3n) is 2.32. The van der Waals surface area contributed by atoms with Gasteiger partial charge >= 0.3 is 0 Å². The maximum Gasteiger partial charge on any atom is 0.0165 e. The summed E-state index contributed by atoms with van der Waals surface area (Å²) in [5.41, 5.74) is 2.67. The lowest BCUT2D eigenvalue weighted by molar-refractivity contribution is 0.720. The monoisotopic (exact) mass is 235 g/mol. The van der Waals surface area contributed by atoms with Gasteiger partial charge in [-0.2, -0.15) is 11.8 Å². The summed E-state index contributed by atoms with van der Waals surface area (Å²) in [5.74, 6) is 1.24. The normalized spacial score (nSPS) is 11.8. The number of benzene rings is 1. The quantitative estimate of drug-likeness (QED) is 0.727. The molecule has 0 aliphatic carbocycles. The molecule has 0 saturated heterocycles. The van der Waals surface area contributed by atoms with Crippen molar-refractivity contribution >= 4 is 17.8 Å². The molecular weight excluding hydrogens is 214 g/mol. The van der Waals surface area contributed by atoms with Crippen LogP contribution >= 0.6 is 11.8 Å². The third-order valence-corrected chi connectivity index (χ3v) is 3.02. The number of hydrogen-bond acceptors (Lipinski definition) is 2. The van der Waals surface area contributed by atoms with Gasteiger partial charge < -0.3 is 5.32 Å². The van der Waals surface area contributed by atoms with Crippen LogP contribution in [0.2, 0.25) is 0 Å². The lowest BCUT2D eigenvalue weighted by Gasteiger charge is -2.04. The summed E-state index contributed by atoms with van der Waals surface area (Å²) in [7, 11) is 0. The lowest BCUT2D eigenvalue weighted by Crippen LogP contribution is -2.17. The average Bonchev–Trinajstić information content (AvgIpc) is 2.30. The average molecular weight is 235 g/mol. The Hall–Kier alpha value is -0.730. The summed E-state index contributed by atoms with van der Waals surface area (Å²) < 4.78 is 0. The second-order valence-electron chi connectivity index (χ2n) is 3.92. The maximum absolute atomic E-state index is 3.46. The number of rotatable bonds is 7. The number of thioether (sulfide) groups is 1. The van der Waals surface area contributed by atoms with Crippen LogP contribution in [0.25, 0.3) is 6.08 Å². The molecule has 0 aromatic heterocycles. The maximum atomic E-state index is 3.46. The van der Waals surface area contributed by atoms with Gasteiger partial charge in [-0.3, -0.25) is 0 Å². The molecule has 0 amide bonds. The molecule has 2 heteroatoms. The molecule has 88 valence electrons. The molecule has 1 N–H and O–H groups in total. The summed E-state index contributed by atoms with van der Waals surface area (Å²) in [6.07, 6.45) is 5.64. The first kappa shape index (κ1) is 13.3. The Morgan fingerprint density at radius 2 is 2.06 bits per heavy atom. The van der Waals surface area contributed by atoms with Crippen LogP contribution in [0.15, 0.2) is 35.9 Å². The van der Waals surface area contributed by atoms with Crippen molar-refractivity contribution in [2.75, 3.05) is 25.1 Å². The molecule has 0 radical (unpaired) electrons. The van der Waals surface area contributed by atoms with Gasteiger partial charge in [0.25, 0.3) is 0 Å². The zero-order valence-corrected chi connectivity index (χ0v) is 11.0. The van der Waals surface area contributed by atoms with Gasteiger partial charge in [0.15, 0.2) is 0 Å². The highest BCUT2D eigenvalue weighted by atomic mass is 32.2. The molecule has 1 aromatic carbocycles. The van der Waals surface area contributed by atoms with E-state index < -0.39 is 0 Å². The van der Waals surface area contributed by atoms with Crippen molar-refractivity contribution in [1.82, 2.24) is 5.32 Å². The summed E-state index contributed by atoms with van der Waals surface area (Å²) in [4.78, 5) is 0. The highest BCUT2D eigenvalue weighted by Crippen LogP contribution is 2.05. The molecule has 0 bridgehead atoms. The zero-order chi connectivity index (χ0) is 11.6. The second kappa shape index (κ2) is 8.43. The van der Waals surface area contributed by atoms with Crippen molar-refractivity contribution in [1.29, 1.82) is 0 Å². The lowest BCUT2D eigenvalue weighted by atomic mass is 10.1. The summed E-state index contributed by atoms with van der Waals surface area (Å²) >= 11 is 1.91. The first-order valence-corrected chi connectivity index (χ1v) is 7.14. The molecule has 0 aliphatic heterocycles. The summed E-state index contributed by atoms with van der Waals surface area (Å²) in [5, 5.41) is 3.46. The van der Waals surface area contributed by atoms with Gasteiger partial charge in [0.1, 0.15) is 0 Å². The minimum atomic E-state index is 0.989. The molecule has 1 rings (SSSR count). The Balaban J connectivity index is 2.24. The van der Waals surface area contributed by atoms with Crippen molar-refractivity contribution in [3.63, 3.8) is 0 Å². The van der Waals surface area contributed by atoms with Crippen LogP contribution in [0.1, 0.15) is 18.9 Å². The van der Waals surface area contributed by atoms with Crippen molar-refractivity contribution in [2.24, 2.45) is 0 Å². The largest absolute Gasteiger partial charge is 0.313 e. The van der Waals surface area contributed by atoms with E-state index in [1.807, 2.05) is 17.8 Å². The van der Waals surface area contributed by atoms with Crippen molar-refractivity contribution in [3.8, 4) is 0 Å². The Labute approximate surface area is 103 Å². The Kier molecular flexibility index (Phi) is 7.02. The molecule has 0 fully saturated rings. The van der Waals surface area contributed by atoms with Crippen molar-refractivity contribution in [3.05, 3.63) is 41.5 Å². The molecule has 0 saturated carbocycles. The van der Waals surface area contributed by atoms with Crippen LogP contribution in [-0.4, -0.2) is 25.1 Å². The molecule has 0 heterocycles. The predicted molar refractivity (Wildman–Crippen MR) is 76.0 cm³/mol. The second-order valence-corrected chi connectivity index (χ2v) is 4.91. The van der Waals surface area contributed by atoms with Gasteiger partial charge in [-0.1, -0.05) is 42.0 Å². The minimum absolute atomic E-state index is 0.989. The first-order valence-electron chi connectivity index (χ1n) is 5.75. The number of hydrogen-bond donors (Lipinski definition) is 1. The van der Waals surface area contributed by atoms with Crippen LogP contribution in [-0.2, 0) is 0 Å². The summed E-state index contributed by atoms with van der Waals surface area (Å²) in [6.45, 7) is 4.28. The van der Waals surface area contributed by atoms with Gasteiger partial charge in [0.05, 0.1) is 0 Å². The molecule has 0 aliphatic rings. The van der Waals surface area contributed by atoms with Crippen LogP contribution in [0.3, 0.4) is 0 Å². The molecule has 0 atom stereocenters. The van der Waals surface area contributed by atoms with E-state index in [0.29, 0.717) is 0 Å². The number of nitrogens with one attached hydrogen (secondary N) is 1. The van der Waals surface area contributed by atoms with Gasteiger partial charge in [-0.15, -0.1) is 0 Å². The Morgan fingerprint density at radius 1 is 1.31 bits per heavy atom. The Bertz CT molecular complexity index is 306. The molecular formula is C14H21NS. The molecule has 16 heavy (non-hydrogen) atoms. The standard InChI is InChI=1S/C14H21NS/c1-13(12-15-9-6-10-16-2)11-14-7-4-3-5-8-14/h3-5,7-8,11,15H,6,9-10,12H2,1-2H3/b13-11+. The van der Waals surface area contributed by atoms with Gasteiger partial charge in [-0.05, 0) is 37.5 Å². The fourth-order valence-electron chi connectivity index (χ4n) is 1.51. The fourth-order valence-corrected chi connectivity index (χ4v) is 1.94.